The minimum Gasteiger partial charge on any atom is -0.352 e. The minimum atomic E-state index is -0.907. The number of hydrogen-bond acceptors (Lipinski definition) is 4. The van der Waals surface area contributed by atoms with Gasteiger partial charge >= 0.3 is 5.69 Å². The molecule has 3 rings (SSSR count). The molecule has 0 fully saturated rings. The zero-order valence-corrected chi connectivity index (χ0v) is 16.9. The Hall–Kier alpha value is -3.16. The number of amides is 2. The number of aryl methyl sites for hydroxylation is 1. The lowest BCUT2D eigenvalue weighted by Crippen LogP contribution is -2.40. The third-order valence-corrected chi connectivity index (χ3v) is 5.22. The molecule has 0 saturated carbocycles. The van der Waals surface area contributed by atoms with Crippen molar-refractivity contribution < 1.29 is 9.59 Å². The van der Waals surface area contributed by atoms with Crippen LogP contribution in [0, 0.1) is 6.92 Å². The normalized spacial score (nSPS) is 15.1. The monoisotopic (exact) mass is 398 g/mol. The van der Waals surface area contributed by atoms with Gasteiger partial charge < -0.3 is 10.6 Å². The van der Waals surface area contributed by atoms with Gasteiger partial charge in [0, 0.05) is 26.6 Å². The molecule has 8 heteroatoms. The van der Waals surface area contributed by atoms with Crippen molar-refractivity contribution in [3.05, 3.63) is 61.8 Å². The molecule has 0 spiro atoms. The third-order valence-electron chi connectivity index (χ3n) is 5.22. The molecule has 2 amide bonds. The van der Waals surface area contributed by atoms with Gasteiger partial charge in [0.15, 0.2) is 0 Å². The molecule has 1 aromatic carbocycles. The number of nitrogens with one attached hydrogen (secondary N) is 2. The van der Waals surface area contributed by atoms with E-state index in [4.69, 9.17) is 0 Å². The van der Waals surface area contributed by atoms with Crippen molar-refractivity contribution in [2.45, 2.75) is 52.1 Å². The Balaban J connectivity index is 1.82. The Morgan fingerprint density at radius 3 is 2.52 bits per heavy atom. The predicted octanol–water partition coefficient (Wildman–Crippen LogP) is 1.40. The summed E-state index contributed by atoms with van der Waals surface area (Å²) in [4.78, 5) is 50.1. The SMILES string of the molecule is CCCCn1c2c(c(=O)n(C)c1=O)[C@@H](CC(=O)NCc1ccc(C)cc1)C(=O)N2. The van der Waals surface area contributed by atoms with Gasteiger partial charge in [-0.15, -0.1) is 0 Å². The summed E-state index contributed by atoms with van der Waals surface area (Å²) in [5, 5.41) is 5.44. The van der Waals surface area contributed by atoms with Crippen molar-refractivity contribution in [3.8, 4) is 0 Å². The van der Waals surface area contributed by atoms with E-state index < -0.39 is 23.1 Å². The molecule has 2 aromatic rings. The fourth-order valence-corrected chi connectivity index (χ4v) is 3.46. The second-order valence-corrected chi connectivity index (χ2v) is 7.42. The van der Waals surface area contributed by atoms with Crippen molar-refractivity contribution in [1.82, 2.24) is 14.5 Å². The second-order valence-electron chi connectivity index (χ2n) is 7.42. The van der Waals surface area contributed by atoms with Gasteiger partial charge in [-0.2, -0.15) is 0 Å². The van der Waals surface area contributed by atoms with E-state index in [1.807, 2.05) is 38.1 Å². The number of nitrogens with zero attached hydrogens (tertiary/aromatic N) is 2. The Morgan fingerprint density at radius 1 is 1.17 bits per heavy atom. The summed E-state index contributed by atoms with van der Waals surface area (Å²) in [5.74, 6) is -1.44. The van der Waals surface area contributed by atoms with Crippen LogP contribution in [0.1, 0.15) is 48.8 Å². The molecule has 0 bridgehead atoms. The Kier molecular flexibility index (Phi) is 6.00. The summed E-state index contributed by atoms with van der Waals surface area (Å²) in [6.45, 7) is 4.72. The summed E-state index contributed by atoms with van der Waals surface area (Å²) < 4.78 is 2.42. The summed E-state index contributed by atoms with van der Waals surface area (Å²) in [6, 6.07) is 7.77. The average molecular weight is 398 g/mol. The van der Waals surface area contributed by atoms with Gasteiger partial charge in [0.25, 0.3) is 5.56 Å². The zero-order chi connectivity index (χ0) is 21.1. The van der Waals surface area contributed by atoms with Crippen molar-refractivity contribution in [2.24, 2.45) is 7.05 Å². The minimum absolute atomic E-state index is 0.147. The van der Waals surface area contributed by atoms with Crippen LogP contribution in [0.25, 0.3) is 0 Å². The van der Waals surface area contributed by atoms with E-state index in [2.05, 4.69) is 10.6 Å². The number of rotatable bonds is 7. The van der Waals surface area contributed by atoms with Crippen LogP contribution < -0.4 is 21.9 Å². The maximum Gasteiger partial charge on any atom is 0.332 e. The quantitative estimate of drug-likeness (QED) is 0.736. The van der Waals surface area contributed by atoms with Crippen LogP contribution in [-0.4, -0.2) is 20.9 Å². The van der Waals surface area contributed by atoms with E-state index in [0.717, 1.165) is 28.5 Å². The number of benzene rings is 1. The lowest BCUT2D eigenvalue weighted by Gasteiger charge is -2.14. The highest BCUT2D eigenvalue weighted by Crippen LogP contribution is 2.31. The summed E-state index contributed by atoms with van der Waals surface area (Å²) in [5.41, 5.74) is 1.27. The van der Waals surface area contributed by atoms with E-state index in [-0.39, 0.29) is 23.7 Å². The lowest BCUT2D eigenvalue weighted by atomic mass is 9.99. The number of anilines is 1. The van der Waals surface area contributed by atoms with Crippen molar-refractivity contribution in [2.75, 3.05) is 5.32 Å². The number of unbranched alkanes of at least 4 members (excludes halogenated alkanes) is 1. The van der Waals surface area contributed by atoms with Crippen LogP contribution >= 0.6 is 0 Å². The zero-order valence-electron chi connectivity index (χ0n) is 16.9. The number of aromatic nitrogens is 2. The standard InChI is InChI=1S/C21H26N4O4/c1-4-5-10-25-18-17(20(28)24(3)21(25)29)15(19(27)23-18)11-16(26)22-12-14-8-6-13(2)7-9-14/h6-9,15H,4-5,10-12H2,1-3H3,(H,22,26)(H,23,27)/t15-/m1/s1. The molecule has 29 heavy (non-hydrogen) atoms. The first kappa shape index (κ1) is 20.6. The summed E-state index contributed by atoms with van der Waals surface area (Å²) >= 11 is 0. The average Bonchev–Trinajstić information content (AvgIpc) is 3.02. The molecule has 0 radical (unpaired) electrons. The molecule has 1 aliphatic heterocycles. The Bertz CT molecular complexity index is 1050. The largest absolute Gasteiger partial charge is 0.352 e. The first-order valence-electron chi connectivity index (χ1n) is 9.80. The molecule has 0 saturated heterocycles. The predicted molar refractivity (Wildman–Crippen MR) is 110 cm³/mol. The molecular formula is C21H26N4O4. The lowest BCUT2D eigenvalue weighted by molar-refractivity contribution is -0.125. The summed E-state index contributed by atoms with van der Waals surface area (Å²) in [7, 11) is 1.39. The number of carbonyl (C=O) groups excluding carboxylic acids is 2. The molecule has 0 unspecified atom stereocenters. The highest BCUT2D eigenvalue weighted by Gasteiger charge is 2.38. The highest BCUT2D eigenvalue weighted by molar-refractivity contribution is 6.03. The van der Waals surface area contributed by atoms with E-state index >= 15 is 0 Å². The van der Waals surface area contributed by atoms with Crippen LogP contribution in [0.4, 0.5) is 5.82 Å². The van der Waals surface area contributed by atoms with Crippen molar-refractivity contribution >= 4 is 17.6 Å². The molecule has 8 nitrogen and oxygen atoms in total. The van der Waals surface area contributed by atoms with Crippen LogP contribution in [0.3, 0.4) is 0 Å². The highest BCUT2D eigenvalue weighted by atomic mass is 16.2. The summed E-state index contributed by atoms with van der Waals surface area (Å²) in [6.07, 6.45) is 1.46. The van der Waals surface area contributed by atoms with E-state index in [0.29, 0.717) is 13.1 Å². The number of fused-ring (bicyclic) bond motifs is 1. The maximum absolute atomic E-state index is 12.7. The van der Waals surface area contributed by atoms with Gasteiger partial charge in [-0.1, -0.05) is 43.2 Å². The van der Waals surface area contributed by atoms with E-state index in [9.17, 15) is 19.2 Å². The van der Waals surface area contributed by atoms with Crippen LogP contribution in [-0.2, 0) is 29.7 Å². The first-order valence-corrected chi connectivity index (χ1v) is 9.80. The van der Waals surface area contributed by atoms with Crippen LogP contribution in [0.15, 0.2) is 33.9 Å². The molecule has 154 valence electrons. The van der Waals surface area contributed by atoms with Gasteiger partial charge in [0.05, 0.1) is 11.5 Å². The smallest absolute Gasteiger partial charge is 0.332 e. The second kappa shape index (κ2) is 8.46. The van der Waals surface area contributed by atoms with Gasteiger partial charge in [0.1, 0.15) is 5.82 Å². The molecule has 1 aliphatic rings. The van der Waals surface area contributed by atoms with E-state index in [1.54, 1.807) is 0 Å². The molecule has 2 heterocycles. The van der Waals surface area contributed by atoms with Crippen molar-refractivity contribution in [1.29, 1.82) is 0 Å². The topological polar surface area (TPSA) is 102 Å². The molecule has 1 aromatic heterocycles. The number of hydrogen-bond donors (Lipinski definition) is 2. The Morgan fingerprint density at radius 2 is 1.86 bits per heavy atom. The number of carbonyl (C=O) groups is 2. The van der Waals surface area contributed by atoms with Gasteiger partial charge in [0.2, 0.25) is 11.8 Å². The third kappa shape index (κ3) is 4.16. The Labute approximate surface area is 168 Å². The van der Waals surface area contributed by atoms with Crippen molar-refractivity contribution in [3.63, 3.8) is 0 Å². The first-order chi connectivity index (χ1) is 13.8. The van der Waals surface area contributed by atoms with Crippen LogP contribution in [0.5, 0.6) is 0 Å². The molecular weight excluding hydrogens is 372 g/mol. The molecule has 1 atom stereocenters. The maximum atomic E-state index is 12.7. The fourth-order valence-electron chi connectivity index (χ4n) is 3.46. The van der Waals surface area contributed by atoms with Gasteiger partial charge in [-0.05, 0) is 18.9 Å². The molecule has 0 aliphatic carbocycles. The van der Waals surface area contributed by atoms with E-state index in [1.165, 1.54) is 11.6 Å². The van der Waals surface area contributed by atoms with Gasteiger partial charge in [-0.25, -0.2) is 4.79 Å². The molecule has 2 N–H and O–H groups in total. The fraction of sp³-hybridized carbons (Fsp3) is 0.429. The van der Waals surface area contributed by atoms with Gasteiger partial charge in [-0.3, -0.25) is 23.5 Å². The van der Waals surface area contributed by atoms with Crippen LogP contribution in [0.2, 0.25) is 0 Å².